The minimum atomic E-state index is 0.458. The molecule has 86 valence electrons. The van der Waals surface area contributed by atoms with Gasteiger partial charge in [0, 0.05) is 5.38 Å². The molecule has 0 bridgehead atoms. The van der Waals surface area contributed by atoms with Crippen LogP contribution in [0.3, 0.4) is 0 Å². The van der Waals surface area contributed by atoms with Crippen LogP contribution in [0.1, 0.15) is 51.8 Å². The van der Waals surface area contributed by atoms with Crippen LogP contribution in [0.2, 0.25) is 0 Å². The highest BCUT2D eigenvalue weighted by molar-refractivity contribution is 7.07. The first-order valence-corrected chi connectivity index (χ1v) is 6.79. The van der Waals surface area contributed by atoms with E-state index in [1.807, 2.05) is 5.51 Å². The Balaban J connectivity index is 2.38. The predicted octanol–water partition coefficient (Wildman–Crippen LogP) is 3.62. The fourth-order valence-electron chi connectivity index (χ4n) is 1.73. The number of nitrogens with one attached hydrogen (secondary N) is 1. The number of aromatic nitrogens is 1. The van der Waals surface area contributed by atoms with Crippen molar-refractivity contribution in [2.24, 2.45) is 5.92 Å². The molecule has 0 spiro atoms. The van der Waals surface area contributed by atoms with Gasteiger partial charge in [0.2, 0.25) is 0 Å². The Labute approximate surface area is 97.1 Å². The lowest BCUT2D eigenvalue weighted by Gasteiger charge is -2.16. The summed E-state index contributed by atoms with van der Waals surface area (Å²) in [4.78, 5) is 4.39. The average molecular weight is 226 g/mol. The first kappa shape index (κ1) is 12.7. The van der Waals surface area contributed by atoms with Gasteiger partial charge < -0.3 is 5.32 Å². The molecular formula is C12H22N2S. The van der Waals surface area contributed by atoms with Crippen molar-refractivity contribution in [3.63, 3.8) is 0 Å². The molecule has 2 nitrogen and oxygen atoms in total. The predicted molar refractivity (Wildman–Crippen MR) is 67.2 cm³/mol. The minimum absolute atomic E-state index is 0.458. The molecule has 0 saturated heterocycles. The highest BCUT2D eigenvalue weighted by Crippen LogP contribution is 2.20. The van der Waals surface area contributed by atoms with Gasteiger partial charge in [0.1, 0.15) is 0 Å². The van der Waals surface area contributed by atoms with E-state index in [0.717, 1.165) is 12.5 Å². The minimum Gasteiger partial charge on any atom is -0.309 e. The Bertz CT molecular complexity index is 244. The van der Waals surface area contributed by atoms with Crippen LogP contribution in [0.25, 0.3) is 0 Å². The molecule has 0 amide bonds. The second kappa shape index (κ2) is 6.96. The van der Waals surface area contributed by atoms with Gasteiger partial charge in [0.15, 0.2) is 0 Å². The van der Waals surface area contributed by atoms with Crippen molar-refractivity contribution in [1.29, 1.82) is 0 Å². The number of hydrogen-bond donors (Lipinski definition) is 1. The van der Waals surface area contributed by atoms with E-state index in [2.05, 4.69) is 36.5 Å². The van der Waals surface area contributed by atoms with Crippen LogP contribution < -0.4 is 5.32 Å². The van der Waals surface area contributed by atoms with Gasteiger partial charge in [-0.2, -0.15) is 0 Å². The zero-order valence-electron chi connectivity index (χ0n) is 9.99. The molecule has 3 heteroatoms. The Morgan fingerprint density at radius 2 is 2.20 bits per heavy atom. The molecule has 0 fully saturated rings. The number of nitrogens with zero attached hydrogens (tertiary/aromatic N) is 1. The second-order valence-electron chi connectivity index (χ2n) is 4.35. The summed E-state index contributed by atoms with van der Waals surface area (Å²) in [7, 11) is 0. The normalized spacial score (nSPS) is 13.3. The first-order chi connectivity index (χ1) is 7.24. The quantitative estimate of drug-likeness (QED) is 0.768. The van der Waals surface area contributed by atoms with Crippen molar-refractivity contribution in [2.45, 2.75) is 46.1 Å². The van der Waals surface area contributed by atoms with Crippen molar-refractivity contribution in [2.75, 3.05) is 6.54 Å². The van der Waals surface area contributed by atoms with Gasteiger partial charge in [0.05, 0.1) is 17.2 Å². The lowest BCUT2D eigenvalue weighted by molar-refractivity contribution is 0.450. The molecule has 0 aliphatic heterocycles. The van der Waals surface area contributed by atoms with E-state index in [1.54, 1.807) is 11.3 Å². The molecule has 0 aliphatic carbocycles. The van der Waals surface area contributed by atoms with E-state index in [-0.39, 0.29) is 0 Å². The van der Waals surface area contributed by atoms with Crippen molar-refractivity contribution >= 4 is 11.3 Å². The van der Waals surface area contributed by atoms with Gasteiger partial charge >= 0.3 is 0 Å². The maximum Gasteiger partial charge on any atom is 0.0795 e. The van der Waals surface area contributed by atoms with Gasteiger partial charge in [-0.05, 0) is 18.9 Å². The lowest BCUT2D eigenvalue weighted by atomic mass is 10.0. The average Bonchev–Trinajstić information content (AvgIpc) is 2.68. The molecule has 1 rings (SSSR count). The van der Waals surface area contributed by atoms with E-state index in [1.165, 1.54) is 25.0 Å². The molecular weight excluding hydrogens is 204 g/mol. The summed E-state index contributed by atoms with van der Waals surface area (Å²) in [6.07, 6.45) is 3.80. The van der Waals surface area contributed by atoms with Crippen LogP contribution in [0, 0.1) is 5.92 Å². The van der Waals surface area contributed by atoms with Crippen LogP contribution in [-0.2, 0) is 0 Å². The van der Waals surface area contributed by atoms with E-state index in [0.29, 0.717) is 6.04 Å². The van der Waals surface area contributed by atoms with Crippen molar-refractivity contribution < 1.29 is 0 Å². The monoisotopic (exact) mass is 226 g/mol. The second-order valence-corrected chi connectivity index (χ2v) is 5.07. The molecule has 0 saturated carbocycles. The SMILES string of the molecule is CCNC(CCCC(C)C)c1cscn1. The molecule has 0 aromatic carbocycles. The molecule has 0 aliphatic rings. The van der Waals surface area contributed by atoms with Crippen LogP contribution in [0.15, 0.2) is 10.9 Å². The number of thiazole rings is 1. The summed E-state index contributed by atoms with van der Waals surface area (Å²) in [6, 6.07) is 0.458. The fourth-order valence-corrected chi connectivity index (χ4v) is 2.33. The first-order valence-electron chi connectivity index (χ1n) is 5.85. The third-order valence-corrected chi connectivity index (χ3v) is 3.14. The summed E-state index contributed by atoms with van der Waals surface area (Å²) in [6.45, 7) is 7.74. The summed E-state index contributed by atoms with van der Waals surface area (Å²) in [5.74, 6) is 0.808. The summed E-state index contributed by atoms with van der Waals surface area (Å²) in [5, 5.41) is 5.66. The summed E-state index contributed by atoms with van der Waals surface area (Å²) >= 11 is 1.68. The maximum atomic E-state index is 4.39. The highest BCUT2D eigenvalue weighted by Gasteiger charge is 2.11. The Kier molecular flexibility index (Phi) is 5.88. The van der Waals surface area contributed by atoms with Gasteiger partial charge in [-0.25, -0.2) is 4.98 Å². The van der Waals surface area contributed by atoms with E-state index in [9.17, 15) is 0 Å². The zero-order valence-corrected chi connectivity index (χ0v) is 10.8. The Hall–Kier alpha value is -0.410. The van der Waals surface area contributed by atoms with Crippen LogP contribution in [0.4, 0.5) is 0 Å². The van der Waals surface area contributed by atoms with Crippen molar-refractivity contribution in [1.82, 2.24) is 10.3 Å². The largest absolute Gasteiger partial charge is 0.309 e. The number of rotatable bonds is 7. The van der Waals surface area contributed by atoms with Crippen molar-refractivity contribution in [3.8, 4) is 0 Å². The zero-order chi connectivity index (χ0) is 11.1. The third-order valence-electron chi connectivity index (χ3n) is 2.53. The molecule has 1 atom stereocenters. The topological polar surface area (TPSA) is 24.9 Å². The molecule has 15 heavy (non-hydrogen) atoms. The molecule has 1 aromatic heterocycles. The van der Waals surface area contributed by atoms with Crippen molar-refractivity contribution in [3.05, 3.63) is 16.6 Å². The molecule has 0 radical (unpaired) electrons. The molecule has 1 unspecified atom stereocenters. The summed E-state index contributed by atoms with van der Waals surface area (Å²) in [5.41, 5.74) is 3.13. The van der Waals surface area contributed by atoms with Gasteiger partial charge in [0.25, 0.3) is 0 Å². The van der Waals surface area contributed by atoms with Crippen LogP contribution in [0.5, 0.6) is 0 Å². The molecule has 1 heterocycles. The van der Waals surface area contributed by atoms with E-state index < -0.39 is 0 Å². The molecule has 1 aromatic rings. The lowest BCUT2D eigenvalue weighted by Crippen LogP contribution is -2.21. The standard InChI is InChI=1S/C12H22N2S/c1-4-13-11(7-5-6-10(2)3)12-8-15-9-14-12/h8-11,13H,4-7H2,1-3H3. The smallest absolute Gasteiger partial charge is 0.0795 e. The van der Waals surface area contributed by atoms with Crippen LogP contribution >= 0.6 is 11.3 Å². The molecule has 1 N–H and O–H groups in total. The van der Waals surface area contributed by atoms with Gasteiger partial charge in [-0.1, -0.05) is 33.6 Å². The fraction of sp³-hybridized carbons (Fsp3) is 0.750. The number of hydrogen-bond acceptors (Lipinski definition) is 3. The van der Waals surface area contributed by atoms with Crippen LogP contribution in [-0.4, -0.2) is 11.5 Å². The maximum absolute atomic E-state index is 4.39. The third kappa shape index (κ3) is 4.76. The van der Waals surface area contributed by atoms with E-state index in [4.69, 9.17) is 0 Å². The Morgan fingerprint density at radius 1 is 1.40 bits per heavy atom. The van der Waals surface area contributed by atoms with E-state index >= 15 is 0 Å². The summed E-state index contributed by atoms with van der Waals surface area (Å²) < 4.78 is 0. The van der Waals surface area contributed by atoms with Gasteiger partial charge in [-0.15, -0.1) is 11.3 Å². The van der Waals surface area contributed by atoms with Gasteiger partial charge in [-0.3, -0.25) is 0 Å². The highest BCUT2D eigenvalue weighted by atomic mass is 32.1. The Morgan fingerprint density at radius 3 is 2.73 bits per heavy atom.